The van der Waals surface area contributed by atoms with Crippen LogP contribution in [0.25, 0.3) is 0 Å². The van der Waals surface area contributed by atoms with E-state index in [0.717, 1.165) is 6.54 Å². The molecule has 5 heteroatoms. The number of benzene rings is 1. The number of hydrogen-bond donors (Lipinski definition) is 2. The lowest BCUT2D eigenvalue weighted by Crippen LogP contribution is -2.33. The monoisotopic (exact) mass is 234 g/mol. The minimum absolute atomic E-state index is 0.0419. The first kappa shape index (κ1) is 11.7. The summed E-state index contributed by atoms with van der Waals surface area (Å²) in [4.78, 5) is 0. The first-order chi connectivity index (χ1) is 8.26. The van der Waals surface area contributed by atoms with Crippen molar-refractivity contribution in [3.63, 3.8) is 0 Å². The van der Waals surface area contributed by atoms with E-state index >= 15 is 0 Å². The van der Waals surface area contributed by atoms with Crippen LogP contribution in [0.15, 0.2) is 12.1 Å². The summed E-state index contributed by atoms with van der Waals surface area (Å²) < 4.78 is 10.6. The molecule has 2 N–H and O–H groups in total. The second kappa shape index (κ2) is 5.04. The van der Waals surface area contributed by atoms with Gasteiger partial charge in [-0.2, -0.15) is 5.26 Å². The van der Waals surface area contributed by atoms with E-state index in [1.165, 1.54) is 13.2 Å². The molecule has 1 unspecified atom stereocenters. The molecule has 2 rings (SSSR count). The highest BCUT2D eigenvalue weighted by atomic mass is 16.5. The van der Waals surface area contributed by atoms with Gasteiger partial charge in [0.15, 0.2) is 11.5 Å². The molecular weight excluding hydrogens is 220 g/mol. The molecule has 1 saturated heterocycles. The van der Waals surface area contributed by atoms with Crippen LogP contribution in [0.3, 0.4) is 0 Å². The number of hydrogen-bond acceptors (Lipinski definition) is 5. The topological polar surface area (TPSA) is 74.5 Å². The summed E-state index contributed by atoms with van der Waals surface area (Å²) in [6.07, 6.45) is -0.244. The summed E-state index contributed by atoms with van der Waals surface area (Å²) in [5.74, 6) is 0.341. The molecule has 17 heavy (non-hydrogen) atoms. The van der Waals surface area contributed by atoms with Crippen molar-refractivity contribution in [1.82, 2.24) is 5.32 Å². The molecule has 0 saturated carbocycles. The van der Waals surface area contributed by atoms with Crippen molar-refractivity contribution in [1.29, 1.82) is 5.26 Å². The van der Waals surface area contributed by atoms with Gasteiger partial charge >= 0.3 is 0 Å². The van der Waals surface area contributed by atoms with Crippen LogP contribution >= 0.6 is 0 Å². The van der Waals surface area contributed by atoms with Crippen LogP contribution in [-0.2, 0) is 4.74 Å². The molecule has 0 aromatic heterocycles. The molecule has 0 spiro atoms. The van der Waals surface area contributed by atoms with Gasteiger partial charge < -0.3 is 19.9 Å². The lowest BCUT2D eigenvalue weighted by Gasteiger charge is -2.25. The average molecular weight is 234 g/mol. The smallest absolute Gasteiger partial charge is 0.163 e. The predicted octanol–water partition coefficient (Wildman–Crippen LogP) is 0.933. The summed E-state index contributed by atoms with van der Waals surface area (Å²) in [6.45, 7) is 2.00. The maximum absolute atomic E-state index is 10.0. The molecule has 0 bridgehead atoms. The molecular formula is C12H14N2O3. The Balaban J connectivity index is 2.40. The Hall–Kier alpha value is -1.77. The first-order valence-corrected chi connectivity index (χ1v) is 5.39. The van der Waals surface area contributed by atoms with Gasteiger partial charge in [-0.25, -0.2) is 0 Å². The highest BCUT2D eigenvalue weighted by Crippen LogP contribution is 2.36. The number of phenolic OH excluding ortho intramolecular Hbond substituents is 1. The molecule has 1 fully saturated rings. The summed E-state index contributed by atoms with van der Waals surface area (Å²) in [5.41, 5.74) is 1.04. The highest BCUT2D eigenvalue weighted by Gasteiger charge is 2.22. The van der Waals surface area contributed by atoms with Gasteiger partial charge in [0.05, 0.1) is 31.5 Å². The number of ether oxygens (including phenoxy) is 2. The van der Waals surface area contributed by atoms with Gasteiger partial charge in [-0.3, -0.25) is 0 Å². The van der Waals surface area contributed by atoms with Crippen molar-refractivity contribution in [2.75, 3.05) is 26.8 Å². The van der Waals surface area contributed by atoms with Crippen LogP contribution in [0.1, 0.15) is 17.2 Å². The van der Waals surface area contributed by atoms with Gasteiger partial charge in [0.25, 0.3) is 0 Å². The second-order valence-electron chi connectivity index (χ2n) is 3.79. The van der Waals surface area contributed by atoms with Crippen LogP contribution in [0, 0.1) is 11.3 Å². The molecule has 1 aromatic carbocycles. The fourth-order valence-electron chi connectivity index (χ4n) is 1.86. The van der Waals surface area contributed by atoms with Gasteiger partial charge in [0.2, 0.25) is 0 Å². The van der Waals surface area contributed by atoms with E-state index in [1.54, 1.807) is 6.07 Å². The molecule has 0 amide bonds. The van der Waals surface area contributed by atoms with Gasteiger partial charge in [0.1, 0.15) is 0 Å². The number of aromatic hydroxyl groups is 1. The predicted molar refractivity (Wildman–Crippen MR) is 60.9 cm³/mol. The number of morpholine rings is 1. The number of nitrogens with zero attached hydrogens (tertiary/aromatic N) is 1. The normalized spacial score (nSPS) is 19.6. The molecule has 1 aromatic rings. The third-order valence-corrected chi connectivity index (χ3v) is 2.73. The zero-order valence-electron chi connectivity index (χ0n) is 9.56. The van der Waals surface area contributed by atoms with E-state index in [4.69, 9.17) is 14.7 Å². The number of rotatable bonds is 2. The van der Waals surface area contributed by atoms with Crippen molar-refractivity contribution < 1.29 is 14.6 Å². The molecule has 90 valence electrons. The maximum Gasteiger partial charge on any atom is 0.163 e. The van der Waals surface area contributed by atoms with Gasteiger partial charge in [-0.15, -0.1) is 0 Å². The van der Waals surface area contributed by atoms with Crippen molar-refractivity contribution in [3.05, 3.63) is 23.3 Å². The van der Waals surface area contributed by atoms with Crippen molar-refractivity contribution in [3.8, 4) is 17.6 Å². The van der Waals surface area contributed by atoms with Crippen LogP contribution < -0.4 is 10.1 Å². The molecule has 1 aliphatic rings. The fraction of sp³-hybridized carbons (Fsp3) is 0.417. The van der Waals surface area contributed by atoms with Gasteiger partial charge in [-0.1, -0.05) is 0 Å². The standard InChI is InChI=1S/C12H14N2O3/c1-16-10-5-8(6-13)4-9(12(10)15)11-7-14-2-3-17-11/h4-5,11,14-15H,2-3,7H2,1H3. The van der Waals surface area contributed by atoms with E-state index in [1.807, 2.05) is 6.07 Å². The summed E-state index contributed by atoms with van der Waals surface area (Å²) >= 11 is 0. The largest absolute Gasteiger partial charge is 0.504 e. The molecule has 0 aliphatic carbocycles. The van der Waals surface area contributed by atoms with Crippen LogP contribution in [0.5, 0.6) is 11.5 Å². The fourth-order valence-corrected chi connectivity index (χ4v) is 1.86. The van der Waals surface area contributed by atoms with Gasteiger partial charge in [0, 0.05) is 24.7 Å². The van der Waals surface area contributed by atoms with Crippen LogP contribution in [-0.4, -0.2) is 31.9 Å². The summed E-state index contributed by atoms with van der Waals surface area (Å²) in [5, 5.41) is 22.1. The highest BCUT2D eigenvalue weighted by molar-refractivity contribution is 5.52. The van der Waals surface area contributed by atoms with Gasteiger partial charge in [-0.05, 0) is 6.07 Å². The summed E-state index contributed by atoms with van der Waals surface area (Å²) in [6, 6.07) is 5.18. The Bertz CT molecular complexity index is 448. The minimum Gasteiger partial charge on any atom is -0.504 e. The Morgan fingerprint density at radius 1 is 1.59 bits per heavy atom. The lowest BCUT2D eigenvalue weighted by atomic mass is 10.0. The van der Waals surface area contributed by atoms with Crippen molar-refractivity contribution in [2.24, 2.45) is 0 Å². The Labute approximate surface area is 99.6 Å². The Kier molecular flexibility index (Phi) is 3.47. The Morgan fingerprint density at radius 3 is 3.00 bits per heavy atom. The SMILES string of the molecule is COc1cc(C#N)cc(C2CNCCO2)c1O. The van der Waals surface area contributed by atoms with Crippen molar-refractivity contribution in [2.45, 2.75) is 6.10 Å². The zero-order valence-corrected chi connectivity index (χ0v) is 9.56. The van der Waals surface area contributed by atoms with E-state index < -0.39 is 0 Å². The minimum atomic E-state index is -0.244. The van der Waals surface area contributed by atoms with Crippen molar-refractivity contribution >= 4 is 0 Å². The van der Waals surface area contributed by atoms with Crippen LogP contribution in [0.2, 0.25) is 0 Å². The number of methoxy groups -OCH3 is 1. The number of nitrogens with one attached hydrogen (secondary N) is 1. The molecule has 5 nitrogen and oxygen atoms in total. The molecule has 1 aliphatic heterocycles. The quantitative estimate of drug-likeness (QED) is 0.796. The lowest BCUT2D eigenvalue weighted by molar-refractivity contribution is 0.0261. The Morgan fingerprint density at radius 2 is 2.41 bits per heavy atom. The van der Waals surface area contributed by atoms with E-state index in [-0.39, 0.29) is 11.9 Å². The average Bonchev–Trinajstić information content (AvgIpc) is 2.40. The molecule has 1 heterocycles. The number of nitriles is 1. The summed E-state index contributed by atoms with van der Waals surface area (Å²) in [7, 11) is 1.46. The third-order valence-electron chi connectivity index (χ3n) is 2.73. The molecule has 0 radical (unpaired) electrons. The molecule has 1 atom stereocenters. The van der Waals surface area contributed by atoms with E-state index in [9.17, 15) is 5.11 Å². The van der Waals surface area contributed by atoms with E-state index in [2.05, 4.69) is 5.32 Å². The zero-order chi connectivity index (χ0) is 12.3. The first-order valence-electron chi connectivity index (χ1n) is 5.39. The second-order valence-corrected chi connectivity index (χ2v) is 3.79. The number of phenols is 1. The van der Waals surface area contributed by atoms with Crippen LogP contribution in [0.4, 0.5) is 0 Å². The third kappa shape index (κ3) is 2.33. The maximum atomic E-state index is 10.0. The van der Waals surface area contributed by atoms with E-state index in [0.29, 0.717) is 30.0 Å².